The van der Waals surface area contributed by atoms with Crippen molar-refractivity contribution in [3.63, 3.8) is 0 Å². The second-order valence-electron chi connectivity index (χ2n) is 4.06. The number of halogens is 1. The highest BCUT2D eigenvalue weighted by molar-refractivity contribution is 7.89. The number of hydrogen-bond donors (Lipinski definition) is 0. The molecule has 0 aliphatic carbocycles. The SMILES string of the molecule is Cc1ncc(CN(C)S(=O)(=O)c2ccc(F)cc2)s1. The fraction of sp³-hybridized carbons (Fsp3) is 0.250. The first-order valence-corrected chi connectivity index (χ1v) is 7.78. The van der Waals surface area contributed by atoms with Crippen molar-refractivity contribution in [1.29, 1.82) is 0 Å². The molecule has 2 rings (SSSR count). The molecule has 0 saturated carbocycles. The van der Waals surface area contributed by atoms with Gasteiger partial charge in [-0.15, -0.1) is 11.3 Å². The summed E-state index contributed by atoms with van der Waals surface area (Å²) in [6.07, 6.45) is 1.66. The maximum atomic E-state index is 12.8. The molecule has 0 bridgehead atoms. The van der Waals surface area contributed by atoms with Gasteiger partial charge in [0.15, 0.2) is 0 Å². The van der Waals surface area contributed by atoms with Gasteiger partial charge in [-0.05, 0) is 31.2 Å². The average Bonchev–Trinajstić information content (AvgIpc) is 2.75. The molecule has 19 heavy (non-hydrogen) atoms. The van der Waals surface area contributed by atoms with Gasteiger partial charge in [0.2, 0.25) is 10.0 Å². The Morgan fingerprint density at radius 3 is 2.47 bits per heavy atom. The zero-order valence-corrected chi connectivity index (χ0v) is 12.1. The minimum Gasteiger partial charge on any atom is -0.250 e. The summed E-state index contributed by atoms with van der Waals surface area (Å²) >= 11 is 1.45. The molecule has 0 fully saturated rings. The van der Waals surface area contributed by atoms with E-state index in [1.165, 1.54) is 34.8 Å². The summed E-state index contributed by atoms with van der Waals surface area (Å²) in [6.45, 7) is 2.12. The Balaban J connectivity index is 2.21. The molecule has 0 unspecified atom stereocenters. The van der Waals surface area contributed by atoms with Crippen molar-refractivity contribution in [2.45, 2.75) is 18.4 Å². The molecule has 0 atom stereocenters. The van der Waals surface area contributed by atoms with E-state index in [1.54, 1.807) is 6.20 Å². The summed E-state index contributed by atoms with van der Waals surface area (Å²) in [5.41, 5.74) is 0. The highest BCUT2D eigenvalue weighted by atomic mass is 32.2. The third kappa shape index (κ3) is 3.17. The van der Waals surface area contributed by atoms with E-state index < -0.39 is 15.8 Å². The van der Waals surface area contributed by atoms with Crippen LogP contribution in [0.25, 0.3) is 0 Å². The Hall–Kier alpha value is -1.31. The third-order valence-corrected chi connectivity index (χ3v) is 5.28. The molecule has 0 aliphatic rings. The Labute approximate surface area is 115 Å². The van der Waals surface area contributed by atoms with Crippen molar-refractivity contribution in [3.8, 4) is 0 Å². The second kappa shape index (κ2) is 5.36. The number of sulfonamides is 1. The molecule has 1 heterocycles. The molecule has 1 aromatic carbocycles. The van der Waals surface area contributed by atoms with Gasteiger partial charge < -0.3 is 0 Å². The van der Waals surface area contributed by atoms with Gasteiger partial charge in [0, 0.05) is 24.7 Å². The van der Waals surface area contributed by atoms with Gasteiger partial charge in [-0.2, -0.15) is 4.31 Å². The van der Waals surface area contributed by atoms with E-state index in [0.717, 1.165) is 22.0 Å². The number of hydrogen-bond acceptors (Lipinski definition) is 4. The zero-order valence-electron chi connectivity index (χ0n) is 10.5. The van der Waals surface area contributed by atoms with E-state index in [9.17, 15) is 12.8 Å². The number of nitrogens with zero attached hydrogens (tertiary/aromatic N) is 2. The number of aryl methyl sites for hydroxylation is 1. The van der Waals surface area contributed by atoms with Crippen LogP contribution in [0.1, 0.15) is 9.88 Å². The molecule has 0 radical (unpaired) electrons. The first-order valence-electron chi connectivity index (χ1n) is 5.53. The minimum absolute atomic E-state index is 0.0811. The Morgan fingerprint density at radius 1 is 1.32 bits per heavy atom. The minimum atomic E-state index is -3.60. The summed E-state index contributed by atoms with van der Waals surface area (Å²) in [4.78, 5) is 5.03. The second-order valence-corrected chi connectivity index (χ2v) is 7.42. The van der Waals surface area contributed by atoms with Crippen LogP contribution in [-0.2, 0) is 16.6 Å². The van der Waals surface area contributed by atoms with Gasteiger partial charge in [0.25, 0.3) is 0 Å². The Bertz CT molecular complexity index is 665. The van der Waals surface area contributed by atoms with Crippen LogP contribution in [0.5, 0.6) is 0 Å². The lowest BCUT2D eigenvalue weighted by Crippen LogP contribution is -2.26. The van der Waals surface area contributed by atoms with E-state index in [2.05, 4.69) is 4.98 Å². The van der Waals surface area contributed by atoms with Crippen LogP contribution in [-0.4, -0.2) is 24.8 Å². The fourth-order valence-corrected chi connectivity index (χ4v) is 3.65. The number of rotatable bonds is 4. The molecule has 2 aromatic rings. The smallest absolute Gasteiger partial charge is 0.243 e. The normalized spacial score (nSPS) is 12.0. The lowest BCUT2D eigenvalue weighted by Gasteiger charge is -2.16. The molecule has 102 valence electrons. The van der Waals surface area contributed by atoms with Crippen molar-refractivity contribution >= 4 is 21.4 Å². The van der Waals surface area contributed by atoms with Crippen LogP contribution >= 0.6 is 11.3 Å². The fourth-order valence-electron chi connectivity index (χ4n) is 1.57. The van der Waals surface area contributed by atoms with Crippen molar-refractivity contribution < 1.29 is 12.8 Å². The van der Waals surface area contributed by atoms with E-state index >= 15 is 0 Å². The molecule has 0 amide bonds. The van der Waals surface area contributed by atoms with Crippen molar-refractivity contribution in [3.05, 3.63) is 46.2 Å². The van der Waals surface area contributed by atoms with Gasteiger partial charge in [-0.25, -0.2) is 17.8 Å². The maximum absolute atomic E-state index is 12.8. The standard InChI is InChI=1S/C12H13FN2O2S2/c1-9-14-7-11(18-9)8-15(2)19(16,17)12-5-3-10(13)4-6-12/h3-7H,8H2,1-2H3. The van der Waals surface area contributed by atoms with Gasteiger partial charge in [0.05, 0.1) is 9.90 Å². The zero-order chi connectivity index (χ0) is 14.0. The highest BCUT2D eigenvalue weighted by Crippen LogP contribution is 2.19. The molecular formula is C12H13FN2O2S2. The number of aromatic nitrogens is 1. The summed E-state index contributed by atoms with van der Waals surface area (Å²) < 4.78 is 38.5. The lowest BCUT2D eigenvalue weighted by molar-refractivity contribution is 0.469. The Morgan fingerprint density at radius 2 is 1.95 bits per heavy atom. The molecule has 0 N–H and O–H groups in total. The Kier molecular flexibility index (Phi) is 3.98. The first-order chi connectivity index (χ1) is 8.89. The van der Waals surface area contributed by atoms with Crippen molar-refractivity contribution in [2.75, 3.05) is 7.05 Å². The molecular weight excluding hydrogens is 287 g/mol. The number of thiazole rings is 1. The average molecular weight is 300 g/mol. The van der Waals surface area contributed by atoms with Gasteiger partial charge in [0.1, 0.15) is 5.82 Å². The predicted octanol–water partition coefficient (Wildman–Crippen LogP) is 2.41. The summed E-state index contributed by atoms with van der Waals surface area (Å²) in [6, 6.07) is 4.80. The molecule has 7 heteroatoms. The van der Waals surface area contributed by atoms with Crippen LogP contribution in [0, 0.1) is 12.7 Å². The predicted molar refractivity (Wildman–Crippen MR) is 71.9 cm³/mol. The van der Waals surface area contributed by atoms with Crippen LogP contribution in [0.4, 0.5) is 4.39 Å². The van der Waals surface area contributed by atoms with Gasteiger partial charge in [-0.1, -0.05) is 0 Å². The monoisotopic (exact) mass is 300 g/mol. The van der Waals surface area contributed by atoms with E-state index in [0.29, 0.717) is 0 Å². The maximum Gasteiger partial charge on any atom is 0.243 e. The van der Waals surface area contributed by atoms with Crippen LogP contribution in [0.15, 0.2) is 35.4 Å². The first kappa shape index (κ1) is 14.1. The lowest BCUT2D eigenvalue weighted by atomic mass is 10.4. The summed E-state index contributed by atoms with van der Waals surface area (Å²) in [5, 5.41) is 0.891. The highest BCUT2D eigenvalue weighted by Gasteiger charge is 2.21. The topological polar surface area (TPSA) is 50.3 Å². The molecule has 1 aromatic heterocycles. The van der Waals surface area contributed by atoms with Crippen LogP contribution in [0.3, 0.4) is 0 Å². The van der Waals surface area contributed by atoms with Crippen molar-refractivity contribution in [1.82, 2.24) is 9.29 Å². The molecule has 0 aliphatic heterocycles. The largest absolute Gasteiger partial charge is 0.250 e. The van der Waals surface area contributed by atoms with E-state index in [-0.39, 0.29) is 11.4 Å². The van der Waals surface area contributed by atoms with Gasteiger partial charge in [-0.3, -0.25) is 0 Å². The number of benzene rings is 1. The molecule has 0 spiro atoms. The summed E-state index contributed by atoms with van der Waals surface area (Å²) in [5.74, 6) is -0.459. The summed E-state index contributed by atoms with van der Waals surface area (Å²) in [7, 11) is -2.11. The van der Waals surface area contributed by atoms with Gasteiger partial charge >= 0.3 is 0 Å². The molecule has 4 nitrogen and oxygen atoms in total. The van der Waals surface area contributed by atoms with Crippen LogP contribution in [0.2, 0.25) is 0 Å². The van der Waals surface area contributed by atoms with E-state index in [4.69, 9.17) is 0 Å². The third-order valence-electron chi connectivity index (χ3n) is 2.57. The van der Waals surface area contributed by atoms with E-state index in [1.807, 2.05) is 6.92 Å². The quantitative estimate of drug-likeness (QED) is 0.871. The molecule has 0 saturated heterocycles. The van der Waals surface area contributed by atoms with Crippen LogP contribution < -0.4 is 0 Å². The van der Waals surface area contributed by atoms with Crippen molar-refractivity contribution in [2.24, 2.45) is 0 Å².